The molecule has 0 radical (unpaired) electrons. The van der Waals surface area contributed by atoms with Crippen molar-refractivity contribution in [3.63, 3.8) is 0 Å². The van der Waals surface area contributed by atoms with Crippen LogP contribution in [0.25, 0.3) is 0 Å². The fourth-order valence-corrected chi connectivity index (χ4v) is 2.58. The number of nitrogens with two attached hydrogens (primary N) is 1. The molecule has 0 fully saturated rings. The summed E-state index contributed by atoms with van der Waals surface area (Å²) in [5, 5.41) is 2.63. The van der Waals surface area contributed by atoms with Gasteiger partial charge >= 0.3 is 0 Å². The zero-order valence-electron chi connectivity index (χ0n) is 11.1. The number of nitrogen functional groups attached to an aromatic ring is 1. The summed E-state index contributed by atoms with van der Waals surface area (Å²) < 4.78 is 14.4. The summed E-state index contributed by atoms with van der Waals surface area (Å²) in [5.41, 5.74) is 8.46. The number of anilines is 2. The standard InChI is InChI=1S/C15H14BrFN2O/c1-8-3-4-10(12(17)6-8)15(20)19-14-11(16)5-9(2)7-13(14)18/h3-7H,18H2,1-2H3,(H,19,20). The molecular formula is C15H14BrFN2O. The van der Waals surface area contributed by atoms with Crippen LogP contribution in [0.5, 0.6) is 0 Å². The van der Waals surface area contributed by atoms with E-state index in [1.807, 2.05) is 13.0 Å². The zero-order chi connectivity index (χ0) is 14.9. The Morgan fingerprint density at radius 2 is 1.90 bits per heavy atom. The molecule has 3 N–H and O–H groups in total. The van der Waals surface area contributed by atoms with Crippen LogP contribution >= 0.6 is 15.9 Å². The van der Waals surface area contributed by atoms with Gasteiger partial charge in [-0.2, -0.15) is 0 Å². The van der Waals surface area contributed by atoms with E-state index in [0.717, 1.165) is 11.1 Å². The normalized spacial score (nSPS) is 10.4. The Labute approximate surface area is 125 Å². The molecule has 0 aromatic heterocycles. The predicted octanol–water partition coefficient (Wildman–Crippen LogP) is 4.04. The van der Waals surface area contributed by atoms with Crippen molar-refractivity contribution in [3.05, 3.63) is 57.3 Å². The van der Waals surface area contributed by atoms with Gasteiger partial charge < -0.3 is 11.1 Å². The first-order valence-electron chi connectivity index (χ1n) is 6.01. The SMILES string of the molecule is Cc1ccc(C(=O)Nc2c(N)cc(C)cc2Br)c(F)c1. The molecule has 1 amide bonds. The van der Waals surface area contributed by atoms with Crippen LogP contribution in [0.3, 0.4) is 0 Å². The van der Waals surface area contributed by atoms with Crippen molar-refractivity contribution in [1.29, 1.82) is 0 Å². The second-order valence-electron chi connectivity index (χ2n) is 4.65. The zero-order valence-corrected chi connectivity index (χ0v) is 12.7. The maximum Gasteiger partial charge on any atom is 0.258 e. The minimum Gasteiger partial charge on any atom is -0.397 e. The van der Waals surface area contributed by atoms with Crippen molar-refractivity contribution in [1.82, 2.24) is 0 Å². The van der Waals surface area contributed by atoms with Gasteiger partial charge in [0.05, 0.1) is 16.9 Å². The molecule has 0 aliphatic carbocycles. The van der Waals surface area contributed by atoms with Crippen molar-refractivity contribution < 1.29 is 9.18 Å². The number of benzene rings is 2. The highest BCUT2D eigenvalue weighted by Crippen LogP contribution is 2.30. The molecule has 0 saturated carbocycles. The summed E-state index contributed by atoms with van der Waals surface area (Å²) in [6.07, 6.45) is 0. The Morgan fingerprint density at radius 3 is 2.50 bits per heavy atom. The maximum atomic E-state index is 13.8. The van der Waals surface area contributed by atoms with Gasteiger partial charge in [-0.1, -0.05) is 6.07 Å². The Bertz CT molecular complexity index is 663. The number of halogens is 2. The third kappa shape index (κ3) is 2.99. The summed E-state index contributed by atoms with van der Waals surface area (Å²) in [7, 11) is 0. The maximum absolute atomic E-state index is 13.8. The first-order valence-corrected chi connectivity index (χ1v) is 6.81. The smallest absolute Gasteiger partial charge is 0.258 e. The van der Waals surface area contributed by atoms with E-state index in [1.54, 1.807) is 19.1 Å². The van der Waals surface area contributed by atoms with Crippen LogP contribution in [0, 0.1) is 19.7 Å². The fraction of sp³-hybridized carbons (Fsp3) is 0.133. The molecule has 0 aliphatic rings. The Kier molecular flexibility index (Phi) is 4.09. The van der Waals surface area contributed by atoms with Gasteiger partial charge in [-0.05, 0) is 65.2 Å². The lowest BCUT2D eigenvalue weighted by Gasteiger charge is -2.12. The molecule has 0 saturated heterocycles. The summed E-state index contributed by atoms with van der Waals surface area (Å²) in [5.74, 6) is -1.08. The highest BCUT2D eigenvalue weighted by molar-refractivity contribution is 9.10. The van der Waals surface area contributed by atoms with Crippen LogP contribution in [0.4, 0.5) is 15.8 Å². The number of hydrogen-bond acceptors (Lipinski definition) is 2. The van der Waals surface area contributed by atoms with E-state index in [0.29, 0.717) is 15.8 Å². The van der Waals surface area contributed by atoms with Crippen molar-refractivity contribution in [2.24, 2.45) is 0 Å². The van der Waals surface area contributed by atoms with Gasteiger partial charge in [0.2, 0.25) is 0 Å². The first-order chi connectivity index (χ1) is 9.38. The molecule has 20 heavy (non-hydrogen) atoms. The van der Waals surface area contributed by atoms with Gasteiger partial charge in [0.1, 0.15) is 5.82 Å². The van der Waals surface area contributed by atoms with Crippen molar-refractivity contribution in [2.45, 2.75) is 13.8 Å². The van der Waals surface area contributed by atoms with E-state index in [2.05, 4.69) is 21.2 Å². The Balaban J connectivity index is 2.33. The molecule has 0 spiro atoms. The number of aryl methyl sites for hydroxylation is 2. The molecule has 2 aromatic carbocycles. The molecule has 0 aliphatic heterocycles. The summed E-state index contributed by atoms with van der Waals surface area (Å²) >= 11 is 3.34. The molecular weight excluding hydrogens is 323 g/mol. The van der Waals surface area contributed by atoms with Gasteiger partial charge in [-0.25, -0.2) is 4.39 Å². The number of hydrogen-bond donors (Lipinski definition) is 2. The van der Waals surface area contributed by atoms with Crippen molar-refractivity contribution >= 4 is 33.2 Å². The Morgan fingerprint density at radius 1 is 1.20 bits per heavy atom. The van der Waals surface area contributed by atoms with E-state index in [4.69, 9.17) is 5.73 Å². The average Bonchev–Trinajstić information content (AvgIpc) is 2.33. The molecule has 0 bridgehead atoms. The van der Waals surface area contributed by atoms with E-state index in [-0.39, 0.29) is 5.56 Å². The summed E-state index contributed by atoms with van der Waals surface area (Å²) in [6.45, 7) is 3.66. The second kappa shape index (κ2) is 5.63. The fourth-order valence-electron chi connectivity index (χ4n) is 1.89. The number of rotatable bonds is 2. The monoisotopic (exact) mass is 336 g/mol. The van der Waals surface area contributed by atoms with E-state index in [9.17, 15) is 9.18 Å². The second-order valence-corrected chi connectivity index (χ2v) is 5.50. The number of nitrogens with one attached hydrogen (secondary N) is 1. The van der Waals surface area contributed by atoms with Crippen molar-refractivity contribution in [3.8, 4) is 0 Å². The van der Waals surface area contributed by atoms with Crippen LogP contribution in [-0.4, -0.2) is 5.91 Å². The van der Waals surface area contributed by atoms with Gasteiger partial charge in [0.15, 0.2) is 0 Å². The minimum absolute atomic E-state index is 0.0116. The third-order valence-corrected chi connectivity index (χ3v) is 3.50. The van der Waals surface area contributed by atoms with Gasteiger partial charge in [0, 0.05) is 4.47 Å². The van der Waals surface area contributed by atoms with Gasteiger partial charge in [-0.3, -0.25) is 4.79 Å². The molecule has 0 atom stereocenters. The molecule has 0 unspecified atom stereocenters. The Hall–Kier alpha value is -1.88. The molecule has 3 nitrogen and oxygen atoms in total. The largest absolute Gasteiger partial charge is 0.397 e. The van der Waals surface area contributed by atoms with Gasteiger partial charge in [0.25, 0.3) is 5.91 Å². The number of carbonyl (C=O) groups excluding carboxylic acids is 1. The van der Waals surface area contributed by atoms with Crippen molar-refractivity contribution in [2.75, 3.05) is 11.1 Å². The van der Waals surface area contributed by atoms with Crippen LogP contribution in [0.1, 0.15) is 21.5 Å². The topological polar surface area (TPSA) is 55.1 Å². The number of amides is 1. The average molecular weight is 337 g/mol. The van der Waals surface area contributed by atoms with Crippen LogP contribution in [-0.2, 0) is 0 Å². The molecule has 5 heteroatoms. The lowest BCUT2D eigenvalue weighted by Crippen LogP contribution is -2.15. The molecule has 104 valence electrons. The molecule has 2 aromatic rings. The summed E-state index contributed by atoms with van der Waals surface area (Å²) in [4.78, 5) is 12.1. The molecule has 2 rings (SSSR count). The number of carbonyl (C=O) groups is 1. The predicted molar refractivity (Wildman–Crippen MR) is 82.4 cm³/mol. The van der Waals surface area contributed by atoms with Crippen LogP contribution in [0.2, 0.25) is 0 Å². The first kappa shape index (κ1) is 14.5. The minimum atomic E-state index is -0.552. The van der Waals surface area contributed by atoms with Crippen LogP contribution < -0.4 is 11.1 Å². The van der Waals surface area contributed by atoms with E-state index in [1.165, 1.54) is 12.1 Å². The van der Waals surface area contributed by atoms with E-state index < -0.39 is 11.7 Å². The molecule has 0 heterocycles. The van der Waals surface area contributed by atoms with Gasteiger partial charge in [-0.15, -0.1) is 0 Å². The third-order valence-electron chi connectivity index (χ3n) is 2.87. The lowest BCUT2D eigenvalue weighted by atomic mass is 10.1. The lowest BCUT2D eigenvalue weighted by molar-refractivity contribution is 0.102. The van der Waals surface area contributed by atoms with E-state index >= 15 is 0 Å². The quantitative estimate of drug-likeness (QED) is 0.813. The van der Waals surface area contributed by atoms with Crippen LogP contribution in [0.15, 0.2) is 34.8 Å². The summed E-state index contributed by atoms with van der Waals surface area (Å²) in [6, 6.07) is 8.04. The highest BCUT2D eigenvalue weighted by atomic mass is 79.9. The highest BCUT2D eigenvalue weighted by Gasteiger charge is 2.15.